The predicted octanol–water partition coefficient (Wildman–Crippen LogP) is 3.72. The zero-order valence-electron chi connectivity index (χ0n) is 12.7. The van der Waals surface area contributed by atoms with E-state index in [0.717, 1.165) is 0 Å². The Balaban J connectivity index is 4.49. The number of hydrogen-bond acceptors (Lipinski definition) is 3. The van der Waals surface area contributed by atoms with E-state index >= 15 is 0 Å². The monoisotopic (exact) mass is 296 g/mol. The van der Waals surface area contributed by atoms with Gasteiger partial charge in [0.2, 0.25) is 0 Å². The van der Waals surface area contributed by atoms with Crippen molar-refractivity contribution in [2.75, 3.05) is 25.3 Å². The molecule has 0 unspecified atom stereocenters. The maximum atomic E-state index is 6.06. The van der Waals surface area contributed by atoms with Crippen molar-refractivity contribution in [2.24, 2.45) is 17.8 Å². The quantitative estimate of drug-likeness (QED) is 0.454. The van der Waals surface area contributed by atoms with Crippen molar-refractivity contribution in [2.45, 2.75) is 41.5 Å². The molecule has 0 saturated heterocycles. The number of alkyl halides is 1. The van der Waals surface area contributed by atoms with E-state index in [1.54, 1.807) is 0 Å². The Morgan fingerprint density at radius 3 is 1.17 bits per heavy atom. The van der Waals surface area contributed by atoms with Crippen molar-refractivity contribution < 1.29 is 13.3 Å². The topological polar surface area (TPSA) is 27.7 Å². The first kappa shape index (κ1) is 18.4. The fraction of sp³-hybridized carbons (Fsp3) is 1.00. The van der Waals surface area contributed by atoms with Gasteiger partial charge in [-0.2, -0.15) is 0 Å². The minimum Gasteiger partial charge on any atom is -0.372 e. The van der Waals surface area contributed by atoms with Crippen LogP contribution in [0.4, 0.5) is 0 Å². The molecule has 110 valence electrons. The molecule has 18 heavy (non-hydrogen) atoms. The van der Waals surface area contributed by atoms with Crippen LogP contribution >= 0.6 is 11.6 Å². The summed E-state index contributed by atoms with van der Waals surface area (Å²) in [5.41, 5.74) is 0.319. The van der Waals surface area contributed by atoms with E-state index in [4.69, 9.17) is 24.9 Å². The average Bonchev–Trinajstić information content (AvgIpc) is 2.28. The Bertz CT molecular complexity index is 179. The normalized spacial score (nSPS) is 13.0. The van der Waals surface area contributed by atoms with Crippen molar-refractivity contribution in [3.63, 3.8) is 0 Å². The molecule has 5 heteroatoms. The highest BCUT2D eigenvalue weighted by Crippen LogP contribution is 2.16. The van der Waals surface area contributed by atoms with Crippen molar-refractivity contribution in [1.82, 2.24) is 0 Å². The van der Waals surface area contributed by atoms with Gasteiger partial charge in [0, 0.05) is 19.8 Å². The van der Waals surface area contributed by atoms with E-state index in [1.807, 2.05) is 0 Å². The van der Waals surface area contributed by atoms with Gasteiger partial charge in [-0.25, -0.2) is 0 Å². The summed E-state index contributed by atoms with van der Waals surface area (Å²) < 4.78 is 17.7. The minimum absolute atomic E-state index is 0.319. The molecule has 0 radical (unpaired) electrons. The van der Waals surface area contributed by atoms with Gasteiger partial charge in [0.15, 0.2) is 0 Å². The Morgan fingerprint density at radius 2 is 1.00 bits per heavy atom. The van der Waals surface area contributed by atoms with Crippen LogP contribution in [-0.2, 0) is 13.3 Å². The molecule has 0 amide bonds. The van der Waals surface area contributed by atoms with E-state index < -0.39 is 8.80 Å². The molecule has 0 spiro atoms. The fourth-order valence-electron chi connectivity index (χ4n) is 1.12. The second kappa shape index (κ2) is 9.32. The number of hydrogen-bond donors (Lipinski definition) is 0. The molecule has 0 heterocycles. The zero-order chi connectivity index (χ0) is 14.2. The fourth-order valence-corrected chi connectivity index (χ4v) is 4.06. The van der Waals surface area contributed by atoms with Gasteiger partial charge >= 0.3 is 8.80 Å². The van der Waals surface area contributed by atoms with Crippen LogP contribution < -0.4 is 0 Å². The summed E-state index contributed by atoms with van der Waals surface area (Å²) in [6.07, 6.45) is 0. The lowest BCUT2D eigenvalue weighted by molar-refractivity contribution is 0.0415. The second-order valence-corrected chi connectivity index (χ2v) is 9.23. The van der Waals surface area contributed by atoms with Gasteiger partial charge in [0.25, 0.3) is 0 Å². The van der Waals surface area contributed by atoms with Gasteiger partial charge in [-0.15, -0.1) is 11.6 Å². The third-order valence-electron chi connectivity index (χ3n) is 2.07. The van der Waals surface area contributed by atoms with Crippen LogP contribution in [0.3, 0.4) is 0 Å². The molecule has 0 aliphatic heterocycles. The van der Waals surface area contributed by atoms with Gasteiger partial charge in [-0.1, -0.05) is 41.5 Å². The molecule has 0 aromatic carbocycles. The van der Waals surface area contributed by atoms with E-state index in [9.17, 15) is 0 Å². The zero-order valence-corrected chi connectivity index (χ0v) is 14.4. The molecule has 0 N–H and O–H groups in total. The smallest absolute Gasteiger partial charge is 0.372 e. The van der Waals surface area contributed by atoms with Crippen molar-refractivity contribution >= 4 is 20.4 Å². The molecule has 0 rings (SSSR count). The first-order chi connectivity index (χ1) is 8.31. The van der Waals surface area contributed by atoms with Crippen LogP contribution in [0.25, 0.3) is 0 Å². The lowest BCUT2D eigenvalue weighted by atomic mass is 10.2. The number of rotatable bonds is 10. The Kier molecular flexibility index (Phi) is 9.52. The van der Waals surface area contributed by atoms with Crippen LogP contribution in [0.5, 0.6) is 0 Å². The highest BCUT2D eigenvalue weighted by atomic mass is 35.5. The number of halogens is 1. The van der Waals surface area contributed by atoms with Crippen LogP contribution in [0.2, 0.25) is 0 Å². The molecule has 0 fully saturated rings. The van der Waals surface area contributed by atoms with E-state index in [0.29, 0.717) is 43.1 Å². The first-order valence-corrected chi connectivity index (χ1v) is 9.25. The molecular weight excluding hydrogens is 268 g/mol. The van der Waals surface area contributed by atoms with Crippen LogP contribution in [-0.4, -0.2) is 34.1 Å². The van der Waals surface area contributed by atoms with Gasteiger partial charge in [0.1, 0.15) is 0 Å². The van der Waals surface area contributed by atoms with E-state index in [-0.39, 0.29) is 0 Å². The summed E-state index contributed by atoms with van der Waals surface area (Å²) in [5.74, 6) is 1.35. The molecule has 0 atom stereocenters. The van der Waals surface area contributed by atoms with Crippen molar-refractivity contribution in [1.29, 1.82) is 0 Å². The molecule has 0 aromatic heterocycles. The minimum atomic E-state index is -2.69. The van der Waals surface area contributed by atoms with Gasteiger partial charge in [-0.3, -0.25) is 0 Å². The van der Waals surface area contributed by atoms with Crippen molar-refractivity contribution in [3.8, 4) is 0 Å². The van der Waals surface area contributed by atoms with E-state index in [2.05, 4.69) is 41.5 Å². The largest absolute Gasteiger partial charge is 0.516 e. The summed E-state index contributed by atoms with van der Waals surface area (Å²) in [5, 5.41) is 0. The maximum Gasteiger partial charge on any atom is 0.516 e. The van der Waals surface area contributed by atoms with Gasteiger partial charge < -0.3 is 13.3 Å². The molecule has 3 nitrogen and oxygen atoms in total. The SMILES string of the molecule is CC(C)CO[Si](CCl)(OCC(C)C)OCC(C)C. The molecule has 0 aliphatic rings. The average molecular weight is 297 g/mol. The highest BCUT2D eigenvalue weighted by Gasteiger charge is 2.41. The summed E-state index contributed by atoms with van der Waals surface area (Å²) in [6, 6.07) is 0. The molecule has 0 aliphatic carbocycles. The summed E-state index contributed by atoms with van der Waals surface area (Å²) in [4.78, 5) is 0. The molecule has 0 aromatic rings. The highest BCUT2D eigenvalue weighted by molar-refractivity contribution is 6.69. The maximum absolute atomic E-state index is 6.06. The predicted molar refractivity (Wildman–Crippen MR) is 78.8 cm³/mol. The third-order valence-corrected chi connectivity index (χ3v) is 5.20. The van der Waals surface area contributed by atoms with E-state index in [1.165, 1.54) is 0 Å². The Hall–Kier alpha value is 0.387. The summed E-state index contributed by atoms with van der Waals surface area (Å²) in [6.45, 7) is 14.6. The molecule has 0 saturated carbocycles. The Labute approximate surface area is 119 Å². The van der Waals surface area contributed by atoms with Crippen LogP contribution in [0.15, 0.2) is 0 Å². The molecular formula is C13H29ClO3Si. The first-order valence-electron chi connectivity index (χ1n) is 6.79. The second-order valence-electron chi connectivity index (χ2n) is 5.93. The van der Waals surface area contributed by atoms with Crippen molar-refractivity contribution in [3.05, 3.63) is 0 Å². The standard InChI is InChI=1S/C13H29ClO3Si/c1-11(2)7-15-18(10-14,16-8-12(3)4)17-9-13(5)6/h11-13H,7-10H2,1-6H3. The summed E-state index contributed by atoms with van der Waals surface area (Å²) in [7, 11) is -2.69. The summed E-state index contributed by atoms with van der Waals surface area (Å²) >= 11 is 6.06. The van der Waals surface area contributed by atoms with Crippen LogP contribution in [0, 0.1) is 17.8 Å². The third kappa shape index (κ3) is 8.48. The molecule has 0 bridgehead atoms. The van der Waals surface area contributed by atoms with Gasteiger partial charge in [0.05, 0.1) is 5.50 Å². The Morgan fingerprint density at radius 1 is 0.722 bits per heavy atom. The lowest BCUT2D eigenvalue weighted by Gasteiger charge is -2.30. The van der Waals surface area contributed by atoms with Crippen LogP contribution in [0.1, 0.15) is 41.5 Å². The van der Waals surface area contributed by atoms with Gasteiger partial charge in [-0.05, 0) is 17.8 Å². The lowest BCUT2D eigenvalue weighted by Crippen LogP contribution is -2.50.